The van der Waals surface area contributed by atoms with E-state index in [1.807, 2.05) is 55.5 Å². The Balaban J connectivity index is 0.000000459. The first-order valence-corrected chi connectivity index (χ1v) is 11.3. The van der Waals surface area contributed by atoms with Crippen LogP contribution in [0, 0.1) is 11.3 Å². The maximum absolute atomic E-state index is 11.2. The molecule has 0 amide bonds. The Bertz CT molecular complexity index is 1260. The number of hydrogen-bond acceptors (Lipinski definition) is 4. The van der Waals surface area contributed by atoms with E-state index in [0.717, 1.165) is 50.5 Å². The van der Waals surface area contributed by atoms with Crippen LogP contribution in [0.2, 0.25) is 5.02 Å². The number of aromatic amines is 1. The third-order valence-corrected chi connectivity index (χ3v) is 5.08. The zero-order valence-electron chi connectivity index (χ0n) is 18.4. The summed E-state index contributed by atoms with van der Waals surface area (Å²) in [6, 6.07) is 15.3. The minimum atomic E-state index is 0.00163. The van der Waals surface area contributed by atoms with Crippen molar-refractivity contribution >= 4 is 47.3 Å². The Morgan fingerprint density at radius 1 is 1.28 bits per heavy atom. The number of H-pyrrole nitrogens is 1. The number of pyridine rings is 1. The smallest absolute Gasteiger partial charge is 0.192 e. The van der Waals surface area contributed by atoms with Gasteiger partial charge in [0.1, 0.15) is 11.4 Å². The predicted molar refractivity (Wildman–Crippen MR) is 134 cm³/mol. The molecule has 0 spiro atoms. The molecule has 1 N–H and O–H groups in total. The van der Waals surface area contributed by atoms with E-state index in [0.29, 0.717) is 11.6 Å². The summed E-state index contributed by atoms with van der Waals surface area (Å²) in [6.07, 6.45) is 4.58. The van der Waals surface area contributed by atoms with Crippen molar-refractivity contribution in [3.63, 3.8) is 0 Å². The van der Waals surface area contributed by atoms with Gasteiger partial charge in [-0.3, -0.25) is 4.57 Å². The van der Waals surface area contributed by atoms with Gasteiger partial charge in [-0.1, -0.05) is 36.7 Å². The Morgan fingerprint density at radius 2 is 2.00 bits per heavy atom. The molecule has 4 rings (SSSR count). The molecular formula is C25H25ClN3O2P. The van der Waals surface area contributed by atoms with Crippen LogP contribution in [-0.4, -0.2) is 16.6 Å². The third-order valence-electron chi connectivity index (χ3n) is 4.39. The van der Waals surface area contributed by atoms with E-state index in [2.05, 4.69) is 23.5 Å². The van der Waals surface area contributed by atoms with Gasteiger partial charge in [-0.2, -0.15) is 5.26 Å². The standard InChI is InChI=1S/C19H14ClN2O2P.C4H8.C2H3N/c1-2-24-16-7-6-14(11-4-3-5-13(8-11)25-23)17-15-9-12(20)10-21-19(15)22-18(16)17;1-3-4-2;1-2-3/h3-10H,2H2,1H3,(H,21,22);3H,1,4H2,2H3;1H3. The highest BCUT2D eigenvalue weighted by atomic mass is 35.5. The van der Waals surface area contributed by atoms with E-state index in [-0.39, 0.29) is 8.46 Å². The zero-order chi connectivity index (χ0) is 23.5. The summed E-state index contributed by atoms with van der Waals surface area (Å²) in [7, 11) is 0.00163. The van der Waals surface area contributed by atoms with Gasteiger partial charge >= 0.3 is 0 Å². The fraction of sp³-hybridized carbons (Fsp3) is 0.200. The van der Waals surface area contributed by atoms with Gasteiger partial charge < -0.3 is 9.72 Å². The van der Waals surface area contributed by atoms with E-state index in [1.54, 1.807) is 12.3 Å². The van der Waals surface area contributed by atoms with Crippen LogP contribution in [0.25, 0.3) is 33.1 Å². The van der Waals surface area contributed by atoms with Crippen molar-refractivity contribution < 1.29 is 9.30 Å². The lowest BCUT2D eigenvalue weighted by molar-refractivity contribution is 0.344. The SMILES string of the molecule is C=CCC.CC#N.CCOc1ccc(-c2cccc(P=O)c2)c2c1[nH]c1ncc(Cl)cc12. The second-order valence-electron chi connectivity index (χ2n) is 6.53. The average molecular weight is 466 g/mol. The molecule has 7 heteroatoms. The van der Waals surface area contributed by atoms with Crippen LogP contribution in [0.3, 0.4) is 0 Å². The minimum absolute atomic E-state index is 0.00163. The highest BCUT2D eigenvalue weighted by molar-refractivity contribution is 7.34. The van der Waals surface area contributed by atoms with Crippen LogP contribution in [0.5, 0.6) is 5.75 Å². The van der Waals surface area contributed by atoms with E-state index in [1.165, 1.54) is 6.92 Å². The molecule has 0 aliphatic heterocycles. The van der Waals surface area contributed by atoms with Crippen LogP contribution in [0.15, 0.2) is 61.3 Å². The predicted octanol–water partition coefficient (Wildman–Crippen LogP) is 7.46. The fourth-order valence-corrected chi connectivity index (χ4v) is 3.58. The number of nitriles is 1. The third kappa shape index (κ3) is 5.95. The number of rotatable bonds is 5. The van der Waals surface area contributed by atoms with Gasteiger partial charge in [-0.25, -0.2) is 4.98 Å². The van der Waals surface area contributed by atoms with Crippen LogP contribution >= 0.6 is 20.1 Å². The number of nitrogens with one attached hydrogen (secondary N) is 1. The summed E-state index contributed by atoms with van der Waals surface area (Å²) in [5.74, 6) is 0.772. The molecule has 2 aromatic carbocycles. The molecule has 164 valence electrons. The maximum Gasteiger partial charge on any atom is 0.192 e. The topological polar surface area (TPSA) is 78.8 Å². The van der Waals surface area contributed by atoms with Gasteiger partial charge in [0.15, 0.2) is 8.46 Å². The lowest BCUT2D eigenvalue weighted by atomic mass is 9.99. The molecule has 0 radical (unpaired) electrons. The van der Waals surface area contributed by atoms with Crippen LogP contribution in [-0.2, 0) is 4.57 Å². The Labute approximate surface area is 194 Å². The number of fused-ring (bicyclic) bond motifs is 3. The normalized spacial score (nSPS) is 9.97. The highest BCUT2D eigenvalue weighted by Gasteiger charge is 2.16. The summed E-state index contributed by atoms with van der Waals surface area (Å²) < 4.78 is 17.0. The lowest BCUT2D eigenvalue weighted by Gasteiger charge is -2.09. The molecule has 32 heavy (non-hydrogen) atoms. The summed E-state index contributed by atoms with van der Waals surface area (Å²) in [5.41, 5.74) is 3.63. The van der Waals surface area contributed by atoms with Gasteiger partial charge in [0.2, 0.25) is 0 Å². The molecule has 0 bridgehead atoms. The first-order valence-electron chi connectivity index (χ1n) is 10.1. The summed E-state index contributed by atoms with van der Waals surface area (Å²) in [6.45, 7) is 9.50. The number of aromatic nitrogens is 2. The Morgan fingerprint density at radius 3 is 2.62 bits per heavy atom. The number of hydrogen-bond donors (Lipinski definition) is 1. The van der Waals surface area contributed by atoms with E-state index < -0.39 is 0 Å². The quantitative estimate of drug-likeness (QED) is 0.245. The van der Waals surface area contributed by atoms with Crippen molar-refractivity contribution in [3.05, 3.63) is 66.3 Å². The Kier molecular flexibility index (Phi) is 9.88. The van der Waals surface area contributed by atoms with Crippen LogP contribution in [0.4, 0.5) is 0 Å². The van der Waals surface area contributed by atoms with Crippen molar-refractivity contribution in [3.8, 4) is 22.9 Å². The lowest BCUT2D eigenvalue weighted by Crippen LogP contribution is -1.94. The fourth-order valence-electron chi connectivity index (χ4n) is 3.08. The number of nitrogens with zero attached hydrogens (tertiary/aromatic N) is 2. The summed E-state index contributed by atoms with van der Waals surface area (Å²) >= 11 is 6.17. The van der Waals surface area contributed by atoms with E-state index >= 15 is 0 Å². The van der Waals surface area contributed by atoms with Crippen molar-refractivity contribution in [2.45, 2.75) is 27.2 Å². The molecule has 2 aromatic heterocycles. The molecule has 0 unspecified atom stereocenters. The molecule has 0 saturated heterocycles. The number of halogens is 1. The summed E-state index contributed by atoms with van der Waals surface area (Å²) in [5, 5.41) is 10.6. The molecule has 4 aromatic rings. The van der Waals surface area contributed by atoms with Gasteiger partial charge in [0, 0.05) is 29.2 Å². The zero-order valence-corrected chi connectivity index (χ0v) is 20.0. The van der Waals surface area contributed by atoms with Crippen LogP contribution in [0.1, 0.15) is 27.2 Å². The van der Waals surface area contributed by atoms with Crippen molar-refractivity contribution in [1.82, 2.24) is 9.97 Å². The largest absolute Gasteiger partial charge is 0.492 e. The molecule has 2 heterocycles. The summed E-state index contributed by atoms with van der Waals surface area (Å²) in [4.78, 5) is 7.73. The van der Waals surface area contributed by atoms with E-state index in [4.69, 9.17) is 21.6 Å². The first-order chi connectivity index (χ1) is 15.5. The second-order valence-corrected chi connectivity index (χ2v) is 7.67. The van der Waals surface area contributed by atoms with Gasteiger partial charge in [-0.05, 0) is 54.8 Å². The second kappa shape index (κ2) is 12.6. The first kappa shape index (κ1) is 25.1. The molecule has 0 atom stereocenters. The Hall–Kier alpha value is -3.19. The van der Waals surface area contributed by atoms with Gasteiger partial charge in [-0.15, -0.1) is 6.58 Å². The molecule has 0 aliphatic carbocycles. The van der Waals surface area contributed by atoms with E-state index in [9.17, 15) is 4.57 Å². The van der Waals surface area contributed by atoms with Crippen molar-refractivity contribution in [2.24, 2.45) is 0 Å². The van der Waals surface area contributed by atoms with Gasteiger partial charge in [0.05, 0.1) is 23.2 Å². The van der Waals surface area contributed by atoms with Gasteiger partial charge in [0.25, 0.3) is 0 Å². The highest BCUT2D eigenvalue weighted by Crippen LogP contribution is 2.39. The number of benzene rings is 2. The maximum atomic E-state index is 11.2. The average Bonchev–Trinajstić information content (AvgIpc) is 3.19. The molecule has 0 fully saturated rings. The van der Waals surface area contributed by atoms with Crippen molar-refractivity contribution in [1.29, 1.82) is 5.26 Å². The minimum Gasteiger partial charge on any atom is -0.492 e. The van der Waals surface area contributed by atoms with Crippen molar-refractivity contribution in [2.75, 3.05) is 6.61 Å². The number of ether oxygens (including phenoxy) is 1. The molecule has 0 aliphatic rings. The van der Waals surface area contributed by atoms with Crippen LogP contribution < -0.4 is 10.0 Å². The molecular weight excluding hydrogens is 441 g/mol. The number of allylic oxidation sites excluding steroid dienone is 1. The monoisotopic (exact) mass is 465 g/mol. The molecule has 5 nitrogen and oxygen atoms in total. The molecule has 0 saturated carbocycles.